The molecule has 0 amide bonds. The second-order valence-electron chi connectivity index (χ2n) is 0. The second kappa shape index (κ2) is 16.6. The number of hydrogen-bond acceptors (Lipinski definition) is 0. The Morgan fingerprint density at radius 1 is 1.00 bits per heavy atom. The fourth-order valence-corrected chi connectivity index (χ4v) is 0. The van der Waals surface area contributed by atoms with Crippen molar-refractivity contribution >= 4 is 60.8 Å². The number of rotatable bonds is 0. The smallest absolute Gasteiger partial charge is 0 e. The fraction of sp³-hybridized carbons (Fsp3) is 0. The van der Waals surface area contributed by atoms with E-state index in [4.69, 9.17) is 0 Å². The molecule has 0 aromatic rings. The third-order valence-corrected chi connectivity index (χ3v) is 0. The average molecular weight is 187 g/mol. The van der Waals surface area contributed by atoms with Crippen molar-refractivity contribution in [3.05, 3.63) is 0 Å². The molecule has 0 unspecified atom stereocenters. The zero-order valence-corrected chi connectivity index (χ0v) is 7.65. The molecule has 0 N–H and O–H groups in total. The van der Waals surface area contributed by atoms with Crippen LogP contribution in [-0.4, -0.2) is 60.8 Å². The molecule has 0 aromatic heterocycles. The third-order valence-electron chi connectivity index (χ3n) is 0. The largest absolute Gasteiger partial charge is 0 e. The molecule has 4 heteroatoms. The molecular weight excluding hydrogens is 187 g/mol. The van der Waals surface area contributed by atoms with Crippen LogP contribution in [0.1, 0.15) is 0 Å². The van der Waals surface area contributed by atoms with E-state index in [1.54, 1.807) is 0 Å². The summed E-state index contributed by atoms with van der Waals surface area (Å²) in [5, 5.41) is 0. The van der Waals surface area contributed by atoms with Gasteiger partial charge in [-0.05, 0) is 0 Å². The first-order chi connectivity index (χ1) is 0. The molecule has 0 spiro atoms. The van der Waals surface area contributed by atoms with E-state index < -0.39 is 0 Å². The maximum atomic E-state index is 0. The van der Waals surface area contributed by atoms with Crippen molar-refractivity contribution < 1.29 is 33.8 Å². The summed E-state index contributed by atoms with van der Waals surface area (Å²) < 4.78 is 0. The molecule has 0 aliphatic rings. The Morgan fingerprint density at radius 3 is 1.00 bits per heavy atom. The SMILES string of the molecule is [Ca].[Co].[Cu].[Mg]. The van der Waals surface area contributed by atoms with Gasteiger partial charge in [0.25, 0.3) is 0 Å². The van der Waals surface area contributed by atoms with Crippen molar-refractivity contribution in [2.45, 2.75) is 0 Å². The Hall–Kier alpha value is 3.05. The first-order valence-corrected chi connectivity index (χ1v) is 0. The van der Waals surface area contributed by atoms with E-state index >= 15 is 0 Å². The van der Waals surface area contributed by atoms with Crippen LogP contribution in [-0.2, 0) is 33.8 Å². The molecule has 24 valence electrons. The zero-order chi connectivity index (χ0) is 0. The summed E-state index contributed by atoms with van der Waals surface area (Å²) in [5.74, 6) is 0. The van der Waals surface area contributed by atoms with Crippen molar-refractivity contribution in [3.8, 4) is 0 Å². The fourth-order valence-electron chi connectivity index (χ4n) is 0. The van der Waals surface area contributed by atoms with Crippen LogP contribution >= 0.6 is 0 Å². The Labute approximate surface area is 92.7 Å². The summed E-state index contributed by atoms with van der Waals surface area (Å²) in [4.78, 5) is 0. The van der Waals surface area contributed by atoms with Gasteiger partial charge in [0.1, 0.15) is 0 Å². The van der Waals surface area contributed by atoms with Gasteiger partial charge in [0.15, 0.2) is 0 Å². The summed E-state index contributed by atoms with van der Waals surface area (Å²) in [5.41, 5.74) is 0. The van der Waals surface area contributed by atoms with Gasteiger partial charge in [-0.2, -0.15) is 0 Å². The summed E-state index contributed by atoms with van der Waals surface area (Å²) in [6.45, 7) is 0. The summed E-state index contributed by atoms with van der Waals surface area (Å²) in [6.07, 6.45) is 0. The summed E-state index contributed by atoms with van der Waals surface area (Å²) >= 11 is 0. The summed E-state index contributed by atoms with van der Waals surface area (Å²) in [6, 6.07) is 0. The minimum absolute atomic E-state index is 0. The molecule has 0 saturated carbocycles. The van der Waals surface area contributed by atoms with E-state index in [0.717, 1.165) is 0 Å². The maximum absolute atomic E-state index is 0. The molecule has 0 aliphatic carbocycles. The summed E-state index contributed by atoms with van der Waals surface area (Å²) in [7, 11) is 0. The van der Waals surface area contributed by atoms with E-state index in [2.05, 4.69) is 0 Å². The van der Waals surface area contributed by atoms with Gasteiger partial charge in [0.2, 0.25) is 0 Å². The van der Waals surface area contributed by atoms with Crippen LogP contribution in [0, 0.1) is 0 Å². The molecule has 0 aliphatic heterocycles. The van der Waals surface area contributed by atoms with E-state index in [0.29, 0.717) is 0 Å². The van der Waals surface area contributed by atoms with Crippen molar-refractivity contribution in [3.63, 3.8) is 0 Å². The first kappa shape index (κ1) is 27.7. The average Bonchev–Trinajstić information content (AvgIpc) is 0. The van der Waals surface area contributed by atoms with Crippen LogP contribution in [0.25, 0.3) is 0 Å². The van der Waals surface area contributed by atoms with Gasteiger partial charge in [0, 0.05) is 94.6 Å². The molecule has 0 nitrogen and oxygen atoms in total. The molecule has 0 heterocycles. The third kappa shape index (κ3) is 8.90. The first-order valence-electron chi connectivity index (χ1n) is 0. The Morgan fingerprint density at radius 2 is 1.00 bits per heavy atom. The molecule has 0 bridgehead atoms. The zero-order valence-electron chi connectivity index (χ0n) is 2.05. The van der Waals surface area contributed by atoms with Crippen LogP contribution in [0.5, 0.6) is 0 Å². The van der Waals surface area contributed by atoms with Crippen LogP contribution in [0.3, 0.4) is 0 Å². The van der Waals surface area contributed by atoms with Crippen molar-refractivity contribution in [2.24, 2.45) is 0 Å². The van der Waals surface area contributed by atoms with Gasteiger partial charge >= 0.3 is 0 Å². The van der Waals surface area contributed by atoms with E-state index in [9.17, 15) is 0 Å². The molecule has 0 atom stereocenters. The monoisotopic (exact) mass is 186 g/mol. The van der Waals surface area contributed by atoms with E-state index in [1.165, 1.54) is 0 Å². The van der Waals surface area contributed by atoms with Crippen LogP contribution in [0.2, 0.25) is 0 Å². The van der Waals surface area contributed by atoms with Gasteiger partial charge in [-0.3, -0.25) is 0 Å². The molecular formula is CaCoCuMg. The standard InChI is InChI=1S/Ca.Co.Cu.Mg. The molecule has 4 heavy (non-hydrogen) atoms. The topological polar surface area (TPSA) is 0 Å². The predicted octanol–water partition coefficient (Wildman–Crippen LogP) is -0.767. The Bertz CT molecular complexity index is 8.00. The van der Waals surface area contributed by atoms with Crippen LogP contribution in [0.4, 0.5) is 0 Å². The minimum atomic E-state index is 0. The molecule has 0 saturated heterocycles. The quantitative estimate of drug-likeness (QED) is 0.437. The molecule has 6 radical (unpaired) electrons. The second-order valence-corrected chi connectivity index (χ2v) is 0. The van der Waals surface area contributed by atoms with Crippen LogP contribution < -0.4 is 0 Å². The minimum Gasteiger partial charge on any atom is 0 e. The van der Waals surface area contributed by atoms with Gasteiger partial charge in [-0.1, -0.05) is 0 Å². The van der Waals surface area contributed by atoms with Crippen molar-refractivity contribution in [1.29, 1.82) is 0 Å². The van der Waals surface area contributed by atoms with Crippen molar-refractivity contribution in [2.75, 3.05) is 0 Å². The normalized spacial score (nSPS) is 0. The maximum Gasteiger partial charge on any atom is 0 e. The molecule has 0 aromatic carbocycles. The van der Waals surface area contributed by atoms with Gasteiger partial charge < -0.3 is 0 Å². The number of hydrogen-bond donors (Lipinski definition) is 0. The molecule has 0 fully saturated rings. The van der Waals surface area contributed by atoms with Gasteiger partial charge in [-0.25, -0.2) is 0 Å². The van der Waals surface area contributed by atoms with Gasteiger partial charge in [-0.15, -0.1) is 0 Å². The Kier molecular flexibility index (Phi) is 115. The predicted molar refractivity (Wildman–Crippen MR) is 11.5 cm³/mol. The Balaban J connectivity index is 0. The van der Waals surface area contributed by atoms with Crippen molar-refractivity contribution in [1.82, 2.24) is 0 Å². The van der Waals surface area contributed by atoms with E-state index in [1.807, 2.05) is 0 Å². The van der Waals surface area contributed by atoms with Gasteiger partial charge in [0.05, 0.1) is 0 Å². The van der Waals surface area contributed by atoms with Crippen LogP contribution in [0.15, 0.2) is 0 Å². The van der Waals surface area contributed by atoms with E-state index in [-0.39, 0.29) is 94.6 Å². The molecule has 0 rings (SSSR count).